The van der Waals surface area contributed by atoms with Crippen LogP contribution in [0.2, 0.25) is 0 Å². The molecule has 5 heteroatoms. The Balaban J connectivity index is 2.73. The second-order valence-corrected chi connectivity index (χ2v) is 6.13. The largest absolute Gasteiger partial charge is 0.347 e. The van der Waals surface area contributed by atoms with Crippen molar-refractivity contribution >= 4 is 23.0 Å². The van der Waals surface area contributed by atoms with Gasteiger partial charge in [0.1, 0.15) is 5.01 Å². The van der Waals surface area contributed by atoms with Crippen molar-refractivity contribution in [1.82, 2.24) is 10.3 Å². The third-order valence-corrected chi connectivity index (χ3v) is 3.55. The SMILES string of the molecule is CC(=O)c1cnc([C@H](C)NC(=O)C(C)(C)C)s1. The van der Waals surface area contributed by atoms with Crippen LogP contribution in [0.5, 0.6) is 0 Å². The molecule has 0 aliphatic rings. The molecule has 0 aliphatic carbocycles. The lowest BCUT2D eigenvalue weighted by molar-refractivity contribution is -0.129. The van der Waals surface area contributed by atoms with Crippen LogP contribution in [0.1, 0.15) is 55.3 Å². The number of rotatable bonds is 3. The molecule has 0 aromatic carbocycles. The second-order valence-electron chi connectivity index (χ2n) is 5.06. The number of nitrogens with one attached hydrogen (secondary N) is 1. The molecule has 0 saturated carbocycles. The Kier molecular flexibility index (Phi) is 4.03. The number of Topliss-reactive ketones (excluding diaryl/α,β-unsaturated/α-hetero) is 1. The predicted molar refractivity (Wildman–Crippen MR) is 68.1 cm³/mol. The molecule has 0 unspecified atom stereocenters. The van der Waals surface area contributed by atoms with Gasteiger partial charge in [-0.05, 0) is 6.92 Å². The van der Waals surface area contributed by atoms with Crippen LogP contribution in [-0.4, -0.2) is 16.7 Å². The van der Waals surface area contributed by atoms with E-state index in [4.69, 9.17) is 0 Å². The van der Waals surface area contributed by atoms with E-state index in [0.29, 0.717) is 4.88 Å². The molecule has 0 radical (unpaired) electrons. The molecule has 0 bridgehead atoms. The number of amides is 1. The average Bonchev–Trinajstić information content (AvgIpc) is 2.64. The average molecular weight is 254 g/mol. The zero-order valence-electron chi connectivity index (χ0n) is 10.8. The standard InChI is InChI=1S/C12H18N2O2S/c1-7(14-11(16)12(3,4)5)10-13-6-9(17-10)8(2)15/h6-7H,1-5H3,(H,14,16)/t7-/m0/s1. The number of aromatic nitrogens is 1. The van der Waals surface area contributed by atoms with Gasteiger partial charge in [-0.25, -0.2) is 4.98 Å². The summed E-state index contributed by atoms with van der Waals surface area (Å²) in [7, 11) is 0. The highest BCUT2D eigenvalue weighted by molar-refractivity contribution is 7.13. The molecule has 1 rings (SSSR count). The van der Waals surface area contributed by atoms with Gasteiger partial charge in [-0.3, -0.25) is 9.59 Å². The minimum absolute atomic E-state index is 0.00287. The number of thiazole rings is 1. The molecular formula is C12H18N2O2S. The van der Waals surface area contributed by atoms with E-state index in [1.807, 2.05) is 27.7 Å². The molecule has 94 valence electrons. The summed E-state index contributed by atoms with van der Waals surface area (Å²) in [5.74, 6) is -0.0207. The summed E-state index contributed by atoms with van der Waals surface area (Å²) >= 11 is 1.33. The second kappa shape index (κ2) is 4.96. The van der Waals surface area contributed by atoms with Crippen LogP contribution < -0.4 is 5.32 Å². The number of nitrogens with zero attached hydrogens (tertiary/aromatic N) is 1. The predicted octanol–water partition coefficient (Wildman–Crippen LogP) is 2.57. The van der Waals surface area contributed by atoms with E-state index in [1.54, 1.807) is 6.20 Å². The molecule has 17 heavy (non-hydrogen) atoms. The van der Waals surface area contributed by atoms with Crippen LogP contribution >= 0.6 is 11.3 Å². The molecule has 1 aromatic rings. The van der Waals surface area contributed by atoms with E-state index in [9.17, 15) is 9.59 Å². The zero-order valence-corrected chi connectivity index (χ0v) is 11.6. The van der Waals surface area contributed by atoms with Crippen molar-refractivity contribution < 1.29 is 9.59 Å². The third-order valence-electron chi connectivity index (χ3n) is 2.27. The van der Waals surface area contributed by atoms with Crippen LogP contribution in [0.15, 0.2) is 6.20 Å². The van der Waals surface area contributed by atoms with Gasteiger partial charge in [0.15, 0.2) is 5.78 Å². The molecule has 1 aromatic heterocycles. The highest BCUT2D eigenvalue weighted by atomic mass is 32.1. The van der Waals surface area contributed by atoms with Crippen LogP contribution in [0, 0.1) is 5.41 Å². The molecule has 1 heterocycles. The molecule has 1 amide bonds. The number of hydrogen-bond donors (Lipinski definition) is 1. The van der Waals surface area contributed by atoms with E-state index in [2.05, 4.69) is 10.3 Å². The van der Waals surface area contributed by atoms with Crippen LogP contribution in [-0.2, 0) is 4.79 Å². The van der Waals surface area contributed by atoms with Gasteiger partial charge in [0.25, 0.3) is 0 Å². The minimum Gasteiger partial charge on any atom is -0.347 e. The van der Waals surface area contributed by atoms with Gasteiger partial charge in [-0.1, -0.05) is 20.8 Å². The summed E-state index contributed by atoms with van der Waals surface area (Å²) in [5, 5.41) is 3.64. The fraction of sp³-hybridized carbons (Fsp3) is 0.583. The van der Waals surface area contributed by atoms with Gasteiger partial charge >= 0.3 is 0 Å². The highest BCUT2D eigenvalue weighted by Crippen LogP contribution is 2.22. The Bertz CT molecular complexity index is 432. The first kappa shape index (κ1) is 13.8. The molecule has 1 N–H and O–H groups in total. The maximum Gasteiger partial charge on any atom is 0.225 e. The first-order valence-electron chi connectivity index (χ1n) is 5.49. The van der Waals surface area contributed by atoms with E-state index < -0.39 is 5.41 Å². The van der Waals surface area contributed by atoms with Gasteiger partial charge in [0.2, 0.25) is 5.91 Å². The van der Waals surface area contributed by atoms with Gasteiger partial charge in [-0.15, -0.1) is 11.3 Å². The normalized spacial score (nSPS) is 13.2. The van der Waals surface area contributed by atoms with Gasteiger partial charge < -0.3 is 5.32 Å². The summed E-state index contributed by atoms with van der Waals surface area (Å²) in [6.07, 6.45) is 1.56. The maximum absolute atomic E-state index is 11.8. The van der Waals surface area contributed by atoms with Crippen molar-refractivity contribution in [3.63, 3.8) is 0 Å². The summed E-state index contributed by atoms with van der Waals surface area (Å²) in [4.78, 5) is 27.7. The Labute approximate surface area is 105 Å². The number of ketones is 1. The molecule has 0 spiro atoms. The van der Waals surface area contributed by atoms with Crippen molar-refractivity contribution in [2.45, 2.75) is 40.7 Å². The lowest BCUT2D eigenvalue weighted by Crippen LogP contribution is -2.36. The van der Waals surface area contributed by atoms with E-state index in [0.717, 1.165) is 5.01 Å². The summed E-state index contributed by atoms with van der Waals surface area (Å²) in [6.45, 7) is 8.95. The monoisotopic (exact) mass is 254 g/mol. The molecule has 0 aliphatic heterocycles. The van der Waals surface area contributed by atoms with E-state index in [1.165, 1.54) is 18.3 Å². The third kappa shape index (κ3) is 3.63. The zero-order chi connectivity index (χ0) is 13.2. The molecular weight excluding hydrogens is 236 g/mol. The highest BCUT2D eigenvalue weighted by Gasteiger charge is 2.24. The molecule has 0 saturated heterocycles. The van der Waals surface area contributed by atoms with Crippen molar-refractivity contribution in [1.29, 1.82) is 0 Å². The Morgan fingerprint density at radius 3 is 2.41 bits per heavy atom. The number of hydrogen-bond acceptors (Lipinski definition) is 4. The quantitative estimate of drug-likeness (QED) is 0.843. The van der Waals surface area contributed by atoms with Crippen LogP contribution in [0.3, 0.4) is 0 Å². The van der Waals surface area contributed by atoms with Gasteiger partial charge in [0.05, 0.1) is 10.9 Å². The molecule has 4 nitrogen and oxygen atoms in total. The summed E-state index contributed by atoms with van der Waals surface area (Å²) < 4.78 is 0. The first-order valence-corrected chi connectivity index (χ1v) is 6.31. The fourth-order valence-corrected chi connectivity index (χ4v) is 1.94. The smallest absolute Gasteiger partial charge is 0.225 e. The van der Waals surface area contributed by atoms with Crippen molar-refractivity contribution in [3.8, 4) is 0 Å². The number of carbonyl (C=O) groups excluding carboxylic acids is 2. The van der Waals surface area contributed by atoms with Crippen molar-refractivity contribution in [2.24, 2.45) is 5.41 Å². The minimum atomic E-state index is -0.422. The Morgan fingerprint density at radius 1 is 1.41 bits per heavy atom. The summed E-state index contributed by atoms with van der Waals surface area (Å²) in [6, 6.07) is -0.167. The topological polar surface area (TPSA) is 59.1 Å². The van der Waals surface area contributed by atoms with Crippen LogP contribution in [0.4, 0.5) is 0 Å². The van der Waals surface area contributed by atoms with Gasteiger partial charge in [-0.2, -0.15) is 0 Å². The van der Waals surface area contributed by atoms with Crippen LogP contribution in [0.25, 0.3) is 0 Å². The first-order chi connectivity index (χ1) is 7.71. The molecule has 0 fully saturated rings. The lowest BCUT2D eigenvalue weighted by atomic mass is 9.95. The lowest BCUT2D eigenvalue weighted by Gasteiger charge is -2.20. The van der Waals surface area contributed by atoms with Crippen molar-refractivity contribution in [2.75, 3.05) is 0 Å². The summed E-state index contributed by atoms with van der Waals surface area (Å²) in [5.41, 5.74) is -0.422. The molecule has 1 atom stereocenters. The van der Waals surface area contributed by atoms with E-state index >= 15 is 0 Å². The number of carbonyl (C=O) groups is 2. The Hall–Kier alpha value is -1.23. The fourth-order valence-electron chi connectivity index (χ4n) is 1.13. The van der Waals surface area contributed by atoms with Crippen molar-refractivity contribution in [3.05, 3.63) is 16.1 Å². The Morgan fingerprint density at radius 2 is 2.00 bits per heavy atom. The maximum atomic E-state index is 11.8. The van der Waals surface area contributed by atoms with E-state index in [-0.39, 0.29) is 17.7 Å². The van der Waals surface area contributed by atoms with Gasteiger partial charge in [0, 0.05) is 18.5 Å².